The van der Waals surface area contributed by atoms with Crippen LogP contribution in [0.4, 0.5) is 0 Å². The van der Waals surface area contributed by atoms with E-state index in [2.05, 4.69) is 75.6 Å². The van der Waals surface area contributed by atoms with Crippen molar-refractivity contribution in [2.24, 2.45) is 0 Å². The summed E-state index contributed by atoms with van der Waals surface area (Å²) in [6.45, 7) is 8.42. The van der Waals surface area contributed by atoms with E-state index in [1.165, 1.54) is 22.3 Å². The molecule has 2 aromatic rings. The normalized spacial score (nSPS) is 7.50. The van der Waals surface area contributed by atoms with Crippen LogP contribution in [0.25, 0.3) is 0 Å². The Morgan fingerprint density at radius 2 is 1.00 bits per heavy atom. The summed E-state index contributed by atoms with van der Waals surface area (Å²) < 4.78 is 0. The van der Waals surface area contributed by atoms with Gasteiger partial charge >= 0.3 is 52.8 Å². The minimum absolute atomic E-state index is 0. The Bertz CT molecular complexity index is 337. The fraction of sp³-hybridized carbons (Fsp3) is 0.375. The van der Waals surface area contributed by atoms with Crippen molar-refractivity contribution in [2.75, 3.05) is 0 Å². The molecule has 0 spiro atoms. The van der Waals surface area contributed by atoms with Crippen LogP contribution in [0.2, 0.25) is 11.5 Å². The average molecular weight is 539 g/mol. The molecule has 0 unspecified atom stereocenters. The molecule has 1 radical (unpaired) electrons. The first kappa shape index (κ1) is 28.8. The average Bonchev–Trinajstić information content (AvgIpc) is 2.78. The molecule has 0 heterocycles. The van der Waals surface area contributed by atoms with Crippen molar-refractivity contribution < 1.29 is 50.7 Å². The summed E-state index contributed by atoms with van der Waals surface area (Å²) >= 11 is 0.312. The molecule has 0 nitrogen and oxygen atoms in total. The maximum atomic E-state index is 2.28. The second-order valence-electron chi connectivity index (χ2n) is 4.51. The summed E-state index contributed by atoms with van der Waals surface area (Å²) in [7, 11) is 0. The maximum Gasteiger partial charge on any atom is 4.00 e. The number of aryl methyl sites for hydroxylation is 4. The second-order valence-corrected chi connectivity index (χ2v) is 6.93. The molecule has 0 bridgehead atoms. The Kier molecular flexibility index (Phi) is 25.6. The first-order valence-electron chi connectivity index (χ1n) is 6.13. The third-order valence-corrected chi connectivity index (χ3v) is 2.13. The molecule has 20 heavy (non-hydrogen) atoms. The van der Waals surface area contributed by atoms with E-state index in [-0.39, 0.29) is 50.7 Å². The van der Waals surface area contributed by atoms with Gasteiger partial charge in [-0.15, -0.1) is 0 Å². The van der Waals surface area contributed by atoms with Crippen LogP contribution in [0.1, 0.15) is 22.3 Å². The van der Waals surface area contributed by atoms with Crippen LogP contribution in [-0.4, -0.2) is 15.4 Å². The first-order valence-corrected chi connectivity index (χ1v) is 11.0. The van der Waals surface area contributed by atoms with E-state index in [4.69, 9.17) is 0 Å². The van der Waals surface area contributed by atoms with Crippen LogP contribution in [0.3, 0.4) is 0 Å². The van der Waals surface area contributed by atoms with E-state index in [1.807, 2.05) is 0 Å². The fourth-order valence-corrected chi connectivity index (χ4v) is 1.44. The van der Waals surface area contributed by atoms with Gasteiger partial charge in [-0.3, -0.25) is 0 Å². The number of hydrogen-bond acceptors (Lipinski definition) is 0. The smallest absolute Gasteiger partial charge is 1.00 e. The van der Waals surface area contributed by atoms with Gasteiger partial charge in [-0.1, -0.05) is 27.7 Å². The van der Waals surface area contributed by atoms with Crippen molar-refractivity contribution in [1.29, 1.82) is 0 Å². The van der Waals surface area contributed by atoms with E-state index in [9.17, 15) is 0 Å². The third-order valence-electron chi connectivity index (χ3n) is 2.13. The van der Waals surface area contributed by atoms with E-state index in [0.29, 0.717) is 15.4 Å². The molecule has 0 aliphatic carbocycles. The van der Waals surface area contributed by atoms with Gasteiger partial charge in [0.1, 0.15) is 0 Å². The predicted molar refractivity (Wildman–Crippen MR) is 81.9 cm³/mol. The predicted octanol–water partition coefficient (Wildman–Crippen LogP) is -1.43. The molecule has 4 heteroatoms. The molecule has 2 aromatic carbocycles. The summed E-state index contributed by atoms with van der Waals surface area (Å²) in [6.07, 6.45) is 0. The van der Waals surface area contributed by atoms with Gasteiger partial charge < -0.3 is 24.8 Å². The van der Waals surface area contributed by atoms with Crippen LogP contribution in [0, 0.1) is 27.7 Å². The topological polar surface area (TPSA) is 0 Å². The van der Waals surface area contributed by atoms with Crippen molar-refractivity contribution in [3.8, 4) is 0 Å². The van der Waals surface area contributed by atoms with Crippen LogP contribution in [0.15, 0.2) is 36.4 Å². The number of halogens is 2. The van der Waals surface area contributed by atoms with E-state index in [0.717, 1.165) is 0 Å². The number of rotatable bonds is 0. The fourth-order valence-electron chi connectivity index (χ4n) is 1.44. The zero-order valence-corrected chi connectivity index (χ0v) is 20.8. The van der Waals surface area contributed by atoms with Gasteiger partial charge in [0.15, 0.2) is 0 Å². The quantitative estimate of drug-likeness (QED) is 0.285. The van der Waals surface area contributed by atoms with Gasteiger partial charge in [0, 0.05) is 0 Å². The Morgan fingerprint density at radius 3 is 1.05 bits per heavy atom. The molecule has 0 fully saturated rings. The zero-order valence-electron chi connectivity index (χ0n) is 13.3. The largest absolute Gasteiger partial charge is 4.00 e. The molecular formula is C16H25Cl2GeHf. The van der Waals surface area contributed by atoms with Crippen LogP contribution in [0.5, 0.6) is 0 Å². The summed E-state index contributed by atoms with van der Waals surface area (Å²) in [5, 5.41) is 0. The molecule has 0 aliphatic heterocycles. The monoisotopic (exact) mass is 541 g/mol. The minimum Gasteiger partial charge on any atom is -1.00 e. The minimum atomic E-state index is 0. The molecule has 0 saturated heterocycles. The first-order chi connectivity index (χ1) is 7.99. The van der Waals surface area contributed by atoms with Crippen LogP contribution in [-0.2, 0) is 25.8 Å². The SMILES string of the molecule is Cc1c[cH-]c(C)c1.Cc1c[cH-]c(C)c1.[CH3][GeH][CH3].[Cl-].[Cl-].[Hf+4]. The second kappa shape index (κ2) is 17.7. The summed E-state index contributed by atoms with van der Waals surface area (Å²) in [6, 6.07) is 12.8. The Hall–Kier alpha value is 0.693. The summed E-state index contributed by atoms with van der Waals surface area (Å²) in [4.78, 5) is 0. The molecule has 0 saturated carbocycles. The molecule has 0 amide bonds. The van der Waals surface area contributed by atoms with Gasteiger partial charge in [0.2, 0.25) is 0 Å². The van der Waals surface area contributed by atoms with E-state index >= 15 is 0 Å². The molecular weight excluding hydrogens is 514 g/mol. The van der Waals surface area contributed by atoms with Gasteiger partial charge in [0.25, 0.3) is 0 Å². The standard InChI is InChI=1S/2C7H9.C2H7Ge.2ClH.Hf/c2*1-6-3-4-7(2)5-6;1-3-2;;;/h2*3-5H,1-2H3;3H,1-2H3;2*1H;/q2*-1;;;;+4/p-2. The summed E-state index contributed by atoms with van der Waals surface area (Å²) in [5.74, 6) is 4.56. The van der Waals surface area contributed by atoms with Crippen molar-refractivity contribution >= 4 is 15.4 Å². The molecule has 0 aromatic heterocycles. The van der Waals surface area contributed by atoms with Crippen molar-refractivity contribution in [3.63, 3.8) is 0 Å². The molecule has 2 rings (SSSR count). The van der Waals surface area contributed by atoms with Crippen LogP contribution >= 0.6 is 0 Å². The Balaban J connectivity index is -0.0000000956. The van der Waals surface area contributed by atoms with Crippen molar-refractivity contribution in [2.45, 2.75) is 39.2 Å². The summed E-state index contributed by atoms with van der Waals surface area (Å²) in [5.41, 5.74) is 5.44. The van der Waals surface area contributed by atoms with Gasteiger partial charge in [-0.2, -0.15) is 35.4 Å². The van der Waals surface area contributed by atoms with Crippen molar-refractivity contribution in [3.05, 3.63) is 58.7 Å². The molecule has 0 aliphatic rings. The van der Waals surface area contributed by atoms with Crippen LogP contribution < -0.4 is 24.8 Å². The van der Waals surface area contributed by atoms with E-state index in [1.54, 1.807) is 0 Å². The third kappa shape index (κ3) is 16.7. The molecule has 0 atom stereocenters. The Labute approximate surface area is 162 Å². The van der Waals surface area contributed by atoms with Gasteiger partial charge in [-0.25, -0.2) is 23.3 Å². The Morgan fingerprint density at radius 1 is 0.750 bits per heavy atom. The van der Waals surface area contributed by atoms with Gasteiger partial charge in [-0.05, 0) is 0 Å². The molecule has 111 valence electrons. The van der Waals surface area contributed by atoms with Gasteiger partial charge in [0.05, 0.1) is 0 Å². The molecule has 0 N–H and O–H groups in total. The van der Waals surface area contributed by atoms with E-state index < -0.39 is 0 Å². The maximum absolute atomic E-state index is 2.28. The number of hydrogen-bond donors (Lipinski definition) is 0. The zero-order chi connectivity index (χ0) is 13.3. The van der Waals surface area contributed by atoms with Crippen molar-refractivity contribution in [1.82, 2.24) is 0 Å².